The lowest BCUT2D eigenvalue weighted by Crippen LogP contribution is -2.19. The van der Waals surface area contributed by atoms with Crippen LogP contribution in [0, 0.1) is 23.7 Å². The first kappa shape index (κ1) is 14.0. The highest BCUT2D eigenvalue weighted by Crippen LogP contribution is 2.38. The molecule has 0 aromatic heterocycles. The second-order valence-electron chi connectivity index (χ2n) is 4.79. The van der Waals surface area contributed by atoms with Crippen molar-refractivity contribution < 1.29 is 0 Å². The van der Waals surface area contributed by atoms with Gasteiger partial charge in [-0.15, -0.1) is 0 Å². The minimum Gasteiger partial charge on any atom is -0.330 e. The average Bonchev–Trinajstić information content (AvgIpc) is 2.68. The molecule has 0 aromatic carbocycles. The zero-order valence-corrected chi connectivity index (χ0v) is 10.7. The Kier molecular flexibility index (Phi) is 7.26. The molecule has 0 amide bonds. The zero-order valence-electron chi connectivity index (χ0n) is 10.7. The average molecular weight is 199 g/mol. The highest BCUT2D eigenvalue weighted by molar-refractivity contribution is 4.80. The summed E-state index contributed by atoms with van der Waals surface area (Å²) in [5.41, 5.74) is 5.67. The molecule has 1 fully saturated rings. The van der Waals surface area contributed by atoms with Crippen LogP contribution in [0.3, 0.4) is 0 Å². The van der Waals surface area contributed by atoms with E-state index < -0.39 is 0 Å². The van der Waals surface area contributed by atoms with Crippen molar-refractivity contribution >= 4 is 0 Å². The Morgan fingerprint density at radius 3 is 1.93 bits per heavy atom. The quantitative estimate of drug-likeness (QED) is 0.737. The molecule has 0 radical (unpaired) electrons. The summed E-state index contributed by atoms with van der Waals surface area (Å²) in [5.74, 6) is 3.51. The molecule has 1 nitrogen and oxygen atoms in total. The third-order valence-electron chi connectivity index (χ3n) is 3.63. The van der Waals surface area contributed by atoms with Gasteiger partial charge in [0, 0.05) is 0 Å². The van der Waals surface area contributed by atoms with Gasteiger partial charge < -0.3 is 5.73 Å². The van der Waals surface area contributed by atoms with Gasteiger partial charge in [0.05, 0.1) is 0 Å². The Balaban J connectivity index is 0.000000791. The van der Waals surface area contributed by atoms with Crippen LogP contribution in [0.2, 0.25) is 0 Å². The Morgan fingerprint density at radius 1 is 1.07 bits per heavy atom. The second-order valence-corrected chi connectivity index (χ2v) is 4.79. The fourth-order valence-corrected chi connectivity index (χ4v) is 2.37. The number of hydrogen-bond acceptors (Lipinski definition) is 1. The van der Waals surface area contributed by atoms with E-state index >= 15 is 0 Å². The van der Waals surface area contributed by atoms with Crippen molar-refractivity contribution in [3.05, 3.63) is 0 Å². The SMILES string of the molecule is CC.CC(C)C1CCC(C(C)CN)C1. The molecule has 0 bridgehead atoms. The van der Waals surface area contributed by atoms with Crippen molar-refractivity contribution in [1.29, 1.82) is 0 Å². The third-order valence-corrected chi connectivity index (χ3v) is 3.63. The van der Waals surface area contributed by atoms with Crippen molar-refractivity contribution in [3.63, 3.8) is 0 Å². The normalized spacial score (nSPS) is 28.5. The fourth-order valence-electron chi connectivity index (χ4n) is 2.37. The summed E-state index contributed by atoms with van der Waals surface area (Å²) >= 11 is 0. The maximum Gasteiger partial charge on any atom is -0.00489 e. The molecule has 0 aliphatic heterocycles. The molecule has 1 aliphatic rings. The van der Waals surface area contributed by atoms with E-state index in [-0.39, 0.29) is 0 Å². The minimum absolute atomic E-state index is 0.744. The predicted octanol–water partition coefficient (Wildman–Crippen LogP) is 3.68. The largest absolute Gasteiger partial charge is 0.330 e. The van der Waals surface area contributed by atoms with Gasteiger partial charge >= 0.3 is 0 Å². The van der Waals surface area contributed by atoms with E-state index in [2.05, 4.69) is 20.8 Å². The smallest absolute Gasteiger partial charge is 0.00489 e. The molecule has 3 atom stereocenters. The van der Waals surface area contributed by atoms with Gasteiger partial charge in [-0.25, -0.2) is 0 Å². The van der Waals surface area contributed by atoms with Gasteiger partial charge in [0.15, 0.2) is 0 Å². The van der Waals surface area contributed by atoms with E-state index in [1.165, 1.54) is 19.3 Å². The maximum absolute atomic E-state index is 5.67. The highest BCUT2D eigenvalue weighted by Gasteiger charge is 2.29. The highest BCUT2D eigenvalue weighted by atomic mass is 14.6. The first-order valence-corrected chi connectivity index (χ1v) is 6.35. The molecule has 14 heavy (non-hydrogen) atoms. The summed E-state index contributed by atoms with van der Waals surface area (Å²) in [7, 11) is 0. The van der Waals surface area contributed by atoms with E-state index in [0.717, 1.165) is 30.2 Å². The van der Waals surface area contributed by atoms with E-state index in [4.69, 9.17) is 5.73 Å². The molecule has 0 spiro atoms. The summed E-state index contributed by atoms with van der Waals surface area (Å²) in [6.45, 7) is 11.9. The van der Waals surface area contributed by atoms with E-state index in [0.29, 0.717) is 0 Å². The lowest BCUT2D eigenvalue weighted by Gasteiger charge is -2.18. The molecule has 1 heteroatoms. The molecule has 86 valence electrons. The van der Waals surface area contributed by atoms with Gasteiger partial charge in [-0.2, -0.15) is 0 Å². The molecule has 0 heterocycles. The van der Waals surface area contributed by atoms with Crippen LogP contribution < -0.4 is 5.73 Å². The van der Waals surface area contributed by atoms with Gasteiger partial charge in [0.1, 0.15) is 0 Å². The van der Waals surface area contributed by atoms with Crippen molar-refractivity contribution in [2.24, 2.45) is 29.4 Å². The Morgan fingerprint density at radius 2 is 1.57 bits per heavy atom. The Bertz CT molecular complexity index is 131. The molecule has 1 saturated carbocycles. The molecule has 2 N–H and O–H groups in total. The molecular formula is C13H29N. The molecule has 1 aliphatic carbocycles. The van der Waals surface area contributed by atoms with E-state index in [9.17, 15) is 0 Å². The van der Waals surface area contributed by atoms with Crippen molar-refractivity contribution in [2.45, 2.75) is 53.9 Å². The van der Waals surface area contributed by atoms with E-state index in [1.54, 1.807) is 0 Å². The summed E-state index contributed by atoms with van der Waals surface area (Å²) in [4.78, 5) is 0. The van der Waals surface area contributed by atoms with Gasteiger partial charge in [0.2, 0.25) is 0 Å². The molecule has 0 saturated heterocycles. The minimum atomic E-state index is 0.744. The van der Waals surface area contributed by atoms with Gasteiger partial charge in [-0.1, -0.05) is 34.6 Å². The van der Waals surface area contributed by atoms with Crippen LogP contribution >= 0.6 is 0 Å². The number of hydrogen-bond donors (Lipinski definition) is 1. The van der Waals surface area contributed by atoms with Gasteiger partial charge in [-0.05, 0) is 49.5 Å². The van der Waals surface area contributed by atoms with Crippen molar-refractivity contribution in [3.8, 4) is 0 Å². The van der Waals surface area contributed by atoms with Crippen LogP contribution in [-0.4, -0.2) is 6.54 Å². The van der Waals surface area contributed by atoms with Crippen molar-refractivity contribution in [2.75, 3.05) is 6.54 Å². The van der Waals surface area contributed by atoms with Crippen LogP contribution in [0.1, 0.15) is 53.9 Å². The van der Waals surface area contributed by atoms with Gasteiger partial charge in [0.25, 0.3) is 0 Å². The lowest BCUT2D eigenvalue weighted by molar-refractivity contribution is 0.330. The van der Waals surface area contributed by atoms with Crippen LogP contribution in [0.4, 0.5) is 0 Å². The van der Waals surface area contributed by atoms with Crippen LogP contribution in [-0.2, 0) is 0 Å². The topological polar surface area (TPSA) is 26.0 Å². The Labute approximate surface area is 90.5 Å². The summed E-state index contributed by atoms with van der Waals surface area (Å²) in [6, 6.07) is 0. The summed E-state index contributed by atoms with van der Waals surface area (Å²) in [5, 5.41) is 0. The Hall–Kier alpha value is -0.0400. The summed E-state index contributed by atoms with van der Waals surface area (Å²) < 4.78 is 0. The number of nitrogens with two attached hydrogens (primary N) is 1. The number of rotatable bonds is 3. The molecular weight excluding hydrogens is 170 g/mol. The summed E-state index contributed by atoms with van der Waals surface area (Å²) in [6.07, 6.45) is 4.28. The zero-order chi connectivity index (χ0) is 11.1. The first-order valence-electron chi connectivity index (χ1n) is 6.35. The van der Waals surface area contributed by atoms with Crippen LogP contribution in [0.15, 0.2) is 0 Å². The molecule has 3 unspecified atom stereocenters. The van der Waals surface area contributed by atoms with Crippen molar-refractivity contribution in [1.82, 2.24) is 0 Å². The van der Waals surface area contributed by atoms with Gasteiger partial charge in [-0.3, -0.25) is 0 Å². The van der Waals surface area contributed by atoms with Crippen LogP contribution in [0.25, 0.3) is 0 Å². The molecule has 0 aromatic rings. The third kappa shape index (κ3) is 4.00. The standard InChI is InChI=1S/C11H23N.C2H6/c1-8(2)10-4-5-11(6-10)9(3)7-12;1-2/h8-11H,4-7,12H2,1-3H3;1-2H3. The maximum atomic E-state index is 5.67. The van der Waals surface area contributed by atoms with E-state index in [1.807, 2.05) is 13.8 Å². The second kappa shape index (κ2) is 7.28. The van der Waals surface area contributed by atoms with Crippen LogP contribution in [0.5, 0.6) is 0 Å². The predicted molar refractivity (Wildman–Crippen MR) is 65.2 cm³/mol. The first-order chi connectivity index (χ1) is 6.65. The molecule has 1 rings (SSSR count). The lowest BCUT2D eigenvalue weighted by atomic mass is 9.89. The fraction of sp³-hybridized carbons (Fsp3) is 1.00. The monoisotopic (exact) mass is 199 g/mol.